The number of fused-ring (bicyclic) bond motifs is 2. The minimum atomic E-state index is 0.239. The van der Waals surface area contributed by atoms with Gasteiger partial charge in [-0.15, -0.1) is 0 Å². The van der Waals surface area contributed by atoms with E-state index in [0.717, 1.165) is 50.5 Å². The van der Waals surface area contributed by atoms with Crippen molar-refractivity contribution in [3.05, 3.63) is 108 Å². The predicted octanol–water partition coefficient (Wildman–Crippen LogP) is 6.80. The summed E-state index contributed by atoms with van der Waals surface area (Å²) in [6, 6.07) is 33.9. The predicted molar refractivity (Wildman–Crippen MR) is 129 cm³/mol. The van der Waals surface area contributed by atoms with Crippen molar-refractivity contribution >= 4 is 28.0 Å². The van der Waals surface area contributed by atoms with E-state index >= 15 is 0 Å². The Bertz CT molecular complexity index is 1510. The average Bonchev–Trinajstić information content (AvgIpc) is 3.34. The number of hydrogen-bond donors (Lipinski definition) is 1. The van der Waals surface area contributed by atoms with Crippen molar-refractivity contribution in [1.29, 1.82) is 0 Å². The third-order valence-corrected chi connectivity index (χ3v) is 5.49. The van der Waals surface area contributed by atoms with Gasteiger partial charge in [-0.3, -0.25) is 0 Å². The van der Waals surface area contributed by atoms with Crippen LogP contribution in [0.3, 0.4) is 0 Å². The highest BCUT2D eigenvalue weighted by Gasteiger charge is 2.15. The van der Waals surface area contributed by atoms with Crippen LogP contribution in [-0.2, 0) is 0 Å². The highest BCUT2D eigenvalue weighted by Crippen LogP contribution is 2.36. The summed E-state index contributed by atoms with van der Waals surface area (Å²) in [4.78, 5) is 4.93. The number of benzene rings is 4. The lowest BCUT2D eigenvalue weighted by molar-refractivity contribution is 0.174. The Morgan fingerprint density at radius 2 is 1.42 bits per heavy atom. The van der Waals surface area contributed by atoms with Crippen molar-refractivity contribution in [2.45, 2.75) is 0 Å². The van der Waals surface area contributed by atoms with E-state index in [0.29, 0.717) is 5.76 Å². The molecule has 6 rings (SSSR count). The van der Waals surface area contributed by atoms with Crippen LogP contribution < -0.4 is 20.1 Å². The molecular formula is C28H20N2O3. The van der Waals surface area contributed by atoms with E-state index in [1.54, 1.807) is 0 Å². The average molecular weight is 432 g/mol. The van der Waals surface area contributed by atoms with Gasteiger partial charge in [0.1, 0.15) is 11.3 Å². The Kier molecular flexibility index (Phi) is 4.77. The smallest absolute Gasteiger partial charge is 0.231 e. The standard InChI is InChI=1S/C28H20N2O3/c1-2-6-20(7-3-1)29-21-11-13-22(14-12-21)30-24-17-27(33-25-9-5-4-8-23(24)25)19-10-15-26-28(16-19)32-18-31-26/h1-17,29H,18H2. The van der Waals surface area contributed by atoms with Gasteiger partial charge >= 0.3 is 0 Å². The molecule has 33 heavy (non-hydrogen) atoms. The molecule has 1 aromatic heterocycles. The molecule has 0 aliphatic carbocycles. The molecule has 0 fully saturated rings. The summed E-state index contributed by atoms with van der Waals surface area (Å²) in [6.45, 7) is 0.239. The molecule has 5 heteroatoms. The van der Waals surface area contributed by atoms with Crippen molar-refractivity contribution in [3.63, 3.8) is 0 Å². The van der Waals surface area contributed by atoms with Crippen molar-refractivity contribution in [2.75, 3.05) is 12.1 Å². The van der Waals surface area contributed by atoms with Crippen LogP contribution in [0.5, 0.6) is 11.5 Å². The van der Waals surface area contributed by atoms with Crippen LogP contribution in [0, 0.1) is 0 Å². The molecule has 0 saturated heterocycles. The Morgan fingerprint density at radius 1 is 0.667 bits per heavy atom. The zero-order valence-corrected chi connectivity index (χ0v) is 17.7. The summed E-state index contributed by atoms with van der Waals surface area (Å²) in [7, 11) is 0. The van der Waals surface area contributed by atoms with Crippen molar-refractivity contribution in [2.24, 2.45) is 4.99 Å². The minimum Gasteiger partial charge on any atom is -0.456 e. The molecule has 4 aromatic carbocycles. The van der Waals surface area contributed by atoms with Gasteiger partial charge in [-0.25, -0.2) is 4.99 Å². The van der Waals surface area contributed by atoms with Gasteiger partial charge in [0.05, 0.1) is 11.0 Å². The van der Waals surface area contributed by atoms with Crippen LogP contribution in [0.4, 0.5) is 17.1 Å². The molecule has 0 bridgehead atoms. The SMILES string of the molecule is c1ccc(Nc2ccc(N=c3cc(-c4ccc5c(c4)OCO5)oc4ccccc34)cc2)cc1. The summed E-state index contributed by atoms with van der Waals surface area (Å²) >= 11 is 0. The first-order valence-corrected chi connectivity index (χ1v) is 10.7. The molecule has 5 aromatic rings. The van der Waals surface area contributed by atoms with E-state index in [-0.39, 0.29) is 6.79 Å². The van der Waals surface area contributed by atoms with Crippen molar-refractivity contribution in [3.8, 4) is 22.8 Å². The topological polar surface area (TPSA) is 56.0 Å². The minimum absolute atomic E-state index is 0.239. The van der Waals surface area contributed by atoms with Gasteiger partial charge in [0.25, 0.3) is 0 Å². The van der Waals surface area contributed by atoms with Gasteiger partial charge in [-0.1, -0.05) is 30.3 Å². The van der Waals surface area contributed by atoms with E-state index in [2.05, 4.69) is 5.32 Å². The molecule has 1 aliphatic rings. The maximum absolute atomic E-state index is 6.21. The summed E-state index contributed by atoms with van der Waals surface area (Å²) in [6.07, 6.45) is 0. The number of anilines is 2. The number of nitrogens with one attached hydrogen (secondary N) is 1. The first kappa shape index (κ1) is 19.2. The lowest BCUT2D eigenvalue weighted by Gasteiger charge is -2.07. The molecule has 160 valence electrons. The Balaban J connectivity index is 1.40. The second-order valence-corrected chi connectivity index (χ2v) is 7.71. The van der Waals surface area contributed by atoms with Gasteiger partial charge in [0, 0.05) is 28.4 Å². The largest absolute Gasteiger partial charge is 0.456 e. The quantitative estimate of drug-likeness (QED) is 0.339. The molecule has 1 N–H and O–H groups in total. The van der Waals surface area contributed by atoms with Crippen LogP contribution in [0.25, 0.3) is 22.3 Å². The summed E-state index contributed by atoms with van der Waals surface area (Å²) in [5.74, 6) is 2.18. The van der Waals surface area contributed by atoms with E-state index in [1.807, 2.05) is 103 Å². The molecule has 0 amide bonds. The lowest BCUT2D eigenvalue weighted by atomic mass is 10.1. The molecule has 0 atom stereocenters. The molecule has 0 saturated carbocycles. The van der Waals surface area contributed by atoms with E-state index in [4.69, 9.17) is 18.9 Å². The van der Waals surface area contributed by atoms with Crippen LogP contribution in [0.1, 0.15) is 0 Å². The van der Waals surface area contributed by atoms with Gasteiger partial charge in [0.2, 0.25) is 6.79 Å². The van der Waals surface area contributed by atoms with Gasteiger partial charge in [-0.2, -0.15) is 0 Å². The number of ether oxygens (including phenoxy) is 2. The van der Waals surface area contributed by atoms with Gasteiger partial charge < -0.3 is 19.2 Å². The third kappa shape index (κ3) is 3.92. The van der Waals surface area contributed by atoms with Crippen molar-refractivity contribution < 1.29 is 13.9 Å². The third-order valence-electron chi connectivity index (χ3n) is 5.49. The normalized spacial score (nSPS) is 12.8. The zero-order chi connectivity index (χ0) is 22.0. The molecule has 0 unspecified atom stereocenters. The second kappa shape index (κ2) is 8.20. The van der Waals surface area contributed by atoms with Crippen LogP contribution in [-0.4, -0.2) is 6.79 Å². The fraction of sp³-hybridized carbons (Fsp3) is 0.0357. The fourth-order valence-corrected chi connectivity index (χ4v) is 3.85. The lowest BCUT2D eigenvalue weighted by Crippen LogP contribution is -2.03. The fourth-order valence-electron chi connectivity index (χ4n) is 3.85. The maximum atomic E-state index is 6.21. The second-order valence-electron chi connectivity index (χ2n) is 7.71. The summed E-state index contributed by atoms with van der Waals surface area (Å²) < 4.78 is 17.2. The number of nitrogens with zero attached hydrogens (tertiary/aromatic N) is 1. The van der Waals surface area contributed by atoms with Crippen LogP contribution >= 0.6 is 0 Å². The van der Waals surface area contributed by atoms with Crippen LogP contribution in [0.15, 0.2) is 113 Å². The first-order chi connectivity index (χ1) is 16.3. The van der Waals surface area contributed by atoms with E-state index < -0.39 is 0 Å². The number of rotatable bonds is 4. The van der Waals surface area contributed by atoms with Crippen molar-refractivity contribution in [1.82, 2.24) is 0 Å². The molecule has 0 radical (unpaired) electrons. The Morgan fingerprint density at radius 3 is 2.30 bits per heavy atom. The monoisotopic (exact) mass is 432 g/mol. The van der Waals surface area contributed by atoms with Gasteiger partial charge in [-0.05, 0) is 66.7 Å². The molecular weight excluding hydrogens is 412 g/mol. The first-order valence-electron chi connectivity index (χ1n) is 10.7. The van der Waals surface area contributed by atoms with E-state index in [9.17, 15) is 0 Å². The Hall–Kier alpha value is -4.51. The highest BCUT2D eigenvalue weighted by molar-refractivity contribution is 5.79. The number of hydrogen-bond acceptors (Lipinski definition) is 5. The maximum Gasteiger partial charge on any atom is 0.231 e. The molecule has 5 nitrogen and oxygen atoms in total. The molecule has 1 aliphatic heterocycles. The van der Waals surface area contributed by atoms with Crippen LogP contribution in [0.2, 0.25) is 0 Å². The zero-order valence-electron chi connectivity index (χ0n) is 17.7. The Labute approximate surface area is 190 Å². The summed E-state index contributed by atoms with van der Waals surface area (Å²) in [5.41, 5.74) is 4.60. The van der Waals surface area contributed by atoms with Gasteiger partial charge in [0.15, 0.2) is 11.5 Å². The highest BCUT2D eigenvalue weighted by atomic mass is 16.7. The number of para-hydroxylation sites is 2. The van der Waals surface area contributed by atoms with E-state index in [1.165, 1.54) is 0 Å². The molecule has 2 heterocycles. The molecule has 0 spiro atoms. The summed E-state index contributed by atoms with van der Waals surface area (Å²) in [5, 5.41) is 5.19.